The minimum atomic E-state index is -3.87. The smallest absolute Gasteiger partial charge is 0.270 e. The number of nitro benzene ring substituents is 1. The fraction of sp³-hybridized carbons (Fsp3) is 0.333. The van der Waals surface area contributed by atoms with Crippen molar-refractivity contribution in [3.8, 4) is 6.07 Å². The van der Waals surface area contributed by atoms with Crippen molar-refractivity contribution in [3.63, 3.8) is 0 Å². The van der Waals surface area contributed by atoms with Crippen LogP contribution in [0.5, 0.6) is 0 Å². The predicted molar refractivity (Wildman–Crippen MR) is 116 cm³/mol. The van der Waals surface area contributed by atoms with E-state index in [2.05, 4.69) is 20.8 Å². The molecule has 1 saturated heterocycles. The van der Waals surface area contributed by atoms with Crippen LogP contribution < -0.4 is 4.72 Å². The summed E-state index contributed by atoms with van der Waals surface area (Å²) in [5.41, 5.74) is 2.68. The van der Waals surface area contributed by atoms with Crippen molar-refractivity contribution in [3.05, 3.63) is 69.5 Å². The fourth-order valence-corrected chi connectivity index (χ4v) is 5.52. The Balaban J connectivity index is 1.41. The van der Waals surface area contributed by atoms with Crippen LogP contribution in [0.25, 0.3) is 5.52 Å². The van der Waals surface area contributed by atoms with Crippen LogP contribution in [-0.4, -0.2) is 47.0 Å². The SMILES string of the molecule is Cc1ccc([N+](=O)[O-])cc1S(=O)(=O)NC1CCN(Cc2cnn3ccc(C#N)cc23)CC1. The summed E-state index contributed by atoms with van der Waals surface area (Å²) in [7, 11) is -3.87. The van der Waals surface area contributed by atoms with E-state index in [0.29, 0.717) is 43.6 Å². The summed E-state index contributed by atoms with van der Waals surface area (Å²) in [6.07, 6.45) is 4.79. The summed E-state index contributed by atoms with van der Waals surface area (Å²) >= 11 is 0. The average molecular weight is 455 g/mol. The van der Waals surface area contributed by atoms with Gasteiger partial charge in [-0.2, -0.15) is 10.4 Å². The zero-order valence-corrected chi connectivity index (χ0v) is 18.2. The van der Waals surface area contributed by atoms with Gasteiger partial charge in [0.1, 0.15) is 0 Å². The molecule has 4 rings (SSSR count). The number of piperidine rings is 1. The van der Waals surface area contributed by atoms with Crippen molar-refractivity contribution < 1.29 is 13.3 Å². The first-order valence-electron chi connectivity index (χ1n) is 10.1. The number of benzene rings is 1. The summed E-state index contributed by atoms with van der Waals surface area (Å²) in [6.45, 7) is 3.66. The molecule has 1 aliphatic heterocycles. The minimum absolute atomic E-state index is 0.0613. The molecule has 1 aromatic carbocycles. The number of nitriles is 1. The van der Waals surface area contributed by atoms with Crippen LogP contribution in [0.1, 0.15) is 29.5 Å². The average Bonchev–Trinajstić information content (AvgIpc) is 3.16. The van der Waals surface area contributed by atoms with Crippen LogP contribution >= 0.6 is 0 Å². The van der Waals surface area contributed by atoms with Gasteiger partial charge in [0.05, 0.1) is 33.2 Å². The topological polar surface area (TPSA) is 134 Å². The van der Waals surface area contributed by atoms with Crippen molar-refractivity contribution in [2.45, 2.75) is 37.2 Å². The van der Waals surface area contributed by atoms with Crippen LogP contribution in [0.2, 0.25) is 0 Å². The highest BCUT2D eigenvalue weighted by atomic mass is 32.2. The van der Waals surface area contributed by atoms with E-state index in [-0.39, 0.29) is 16.6 Å². The molecule has 3 heterocycles. The first-order valence-corrected chi connectivity index (χ1v) is 11.6. The first kappa shape index (κ1) is 21.9. The van der Waals surface area contributed by atoms with Crippen LogP contribution in [0, 0.1) is 28.4 Å². The fourth-order valence-electron chi connectivity index (χ4n) is 3.95. The third-order valence-electron chi connectivity index (χ3n) is 5.71. The van der Waals surface area contributed by atoms with E-state index in [4.69, 9.17) is 5.26 Å². The molecule has 11 heteroatoms. The van der Waals surface area contributed by atoms with Crippen LogP contribution in [0.4, 0.5) is 5.69 Å². The molecule has 10 nitrogen and oxygen atoms in total. The number of nitrogens with zero attached hydrogens (tertiary/aromatic N) is 5. The number of aryl methyl sites for hydroxylation is 1. The Morgan fingerprint density at radius 2 is 2.03 bits per heavy atom. The van der Waals surface area contributed by atoms with Gasteiger partial charge in [-0.25, -0.2) is 17.7 Å². The molecule has 0 aliphatic carbocycles. The molecule has 1 aliphatic rings. The molecule has 166 valence electrons. The lowest BCUT2D eigenvalue weighted by Crippen LogP contribution is -2.44. The van der Waals surface area contributed by atoms with E-state index >= 15 is 0 Å². The van der Waals surface area contributed by atoms with Gasteiger partial charge in [0.25, 0.3) is 5.69 Å². The number of aromatic nitrogens is 2. The maximum absolute atomic E-state index is 12.9. The van der Waals surface area contributed by atoms with Gasteiger partial charge in [-0.1, -0.05) is 6.07 Å². The molecule has 0 atom stereocenters. The number of sulfonamides is 1. The number of non-ortho nitro benzene ring substituents is 1. The maximum Gasteiger partial charge on any atom is 0.270 e. The van der Waals surface area contributed by atoms with Crippen molar-refractivity contribution in [1.29, 1.82) is 5.26 Å². The Bertz CT molecular complexity index is 1320. The maximum atomic E-state index is 12.9. The molecular weight excluding hydrogens is 432 g/mol. The normalized spacial score (nSPS) is 15.6. The van der Waals surface area contributed by atoms with Gasteiger partial charge in [-0.15, -0.1) is 0 Å². The van der Waals surface area contributed by atoms with Gasteiger partial charge >= 0.3 is 0 Å². The second kappa shape index (κ2) is 8.66. The van der Waals surface area contributed by atoms with Crippen LogP contribution in [0.3, 0.4) is 0 Å². The van der Waals surface area contributed by atoms with Crippen LogP contribution in [0.15, 0.2) is 47.6 Å². The summed E-state index contributed by atoms with van der Waals surface area (Å²) in [5.74, 6) is 0. The quantitative estimate of drug-likeness (QED) is 0.446. The van der Waals surface area contributed by atoms with E-state index in [0.717, 1.165) is 17.1 Å². The molecule has 3 aromatic rings. The zero-order chi connectivity index (χ0) is 22.9. The predicted octanol–water partition coefficient (Wildman–Crippen LogP) is 2.37. The van der Waals surface area contributed by atoms with E-state index in [1.165, 1.54) is 12.1 Å². The number of pyridine rings is 1. The van der Waals surface area contributed by atoms with E-state index < -0.39 is 14.9 Å². The lowest BCUT2D eigenvalue weighted by atomic mass is 10.1. The molecule has 0 amide bonds. The molecule has 0 radical (unpaired) electrons. The number of nitrogens with one attached hydrogen (secondary N) is 1. The minimum Gasteiger partial charge on any atom is -0.299 e. The lowest BCUT2D eigenvalue weighted by molar-refractivity contribution is -0.385. The van der Waals surface area contributed by atoms with E-state index in [1.807, 2.05) is 6.07 Å². The number of hydrogen-bond acceptors (Lipinski definition) is 7. The van der Waals surface area contributed by atoms with Crippen molar-refractivity contribution in [2.75, 3.05) is 13.1 Å². The summed E-state index contributed by atoms with van der Waals surface area (Å²) < 4.78 is 30.2. The Morgan fingerprint density at radius 1 is 1.28 bits per heavy atom. The van der Waals surface area contributed by atoms with Crippen LogP contribution in [-0.2, 0) is 16.6 Å². The van der Waals surface area contributed by atoms with Crippen molar-refractivity contribution in [1.82, 2.24) is 19.2 Å². The monoisotopic (exact) mass is 454 g/mol. The first-order chi connectivity index (χ1) is 15.3. The Hall–Kier alpha value is -3.33. The summed E-state index contributed by atoms with van der Waals surface area (Å²) in [4.78, 5) is 12.6. The van der Waals surface area contributed by atoms with Gasteiger partial charge in [0, 0.05) is 49.6 Å². The van der Waals surface area contributed by atoms with E-state index in [9.17, 15) is 18.5 Å². The Kier molecular flexibility index (Phi) is 5.92. The van der Waals surface area contributed by atoms with Gasteiger partial charge in [-0.3, -0.25) is 15.0 Å². The van der Waals surface area contributed by atoms with Gasteiger partial charge in [-0.05, 0) is 37.5 Å². The van der Waals surface area contributed by atoms with Gasteiger partial charge in [0.15, 0.2) is 0 Å². The third-order valence-corrected chi connectivity index (χ3v) is 7.37. The van der Waals surface area contributed by atoms with Gasteiger partial charge < -0.3 is 0 Å². The van der Waals surface area contributed by atoms with Crippen molar-refractivity contribution >= 4 is 21.2 Å². The number of rotatable bonds is 6. The lowest BCUT2D eigenvalue weighted by Gasteiger charge is -2.32. The highest BCUT2D eigenvalue weighted by Gasteiger charge is 2.27. The number of nitro groups is 1. The molecule has 1 N–H and O–H groups in total. The highest BCUT2D eigenvalue weighted by molar-refractivity contribution is 7.89. The second-order valence-corrected chi connectivity index (χ2v) is 9.59. The zero-order valence-electron chi connectivity index (χ0n) is 17.4. The Labute approximate surface area is 185 Å². The molecule has 0 spiro atoms. The molecular formula is C21H22N6O4S. The third kappa shape index (κ3) is 4.47. The molecule has 0 unspecified atom stereocenters. The van der Waals surface area contributed by atoms with Crippen molar-refractivity contribution in [2.24, 2.45) is 0 Å². The van der Waals surface area contributed by atoms with E-state index in [1.54, 1.807) is 29.9 Å². The van der Waals surface area contributed by atoms with Gasteiger partial charge in [0.2, 0.25) is 10.0 Å². The number of fused-ring (bicyclic) bond motifs is 1. The standard InChI is InChI=1S/C21H22N6O4S/c1-15-2-3-19(27(28)29)11-21(15)32(30,31)24-18-5-7-25(8-6-18)14-17-13-23-26-9-4-16(12-22)10-20(17)26/h2-4,9-11,13,18,24H,5-8,14H2,1H3. The second-order valence-electron chi connectivity index (χ2n) is 7.91. The summed E-state index contributed by atoms with van der Waals surface area (Å²) in [6, 6.07) is 9.26. The molecule has 0 bridgehead atoms. The molecule has 1 fully saturated rings. The number of hydrogen-bond donors (Lipinski definition) is 1. The number of likely N-dealkylation sites (tertiary alicyclic amines) is 1. The molecule has 2 aromatic heterocycles. The Morgan fingerprint density at radius 3 is 2.72 bits per heavy atom. The molecule has 0 saturated carbocycles. The molecule has 32 heavy (non-hydrogen) atoms. The largest absolute Gasteiger partial charge is 0.299 e. The summed E-state index contributed by atoms with van der Waals surface area (Å²) in [5, 5.41) is 24.5. The highest BCUT2D eigenvalue weighted by Crippen LogP contribution is 2.24.